The summed E-state index contributed by atoms with van der Waals surface area (Å²) in [6, 6.07) is 0.700. The van der Waals surface area contributed by atoms with Gasteiger partial charge in [0.25, 0.3) is 0 Å². The Labute approximate surface area is 179 Å². The number of guanidine groups is 1. The number of thiazole rings is 1. The molecule has 0 saturated carbocycles. The van der Waals surface area contributed by atoms with Crippen molar-refractivity contribution in [3.63, 3.8) is 0 Å². The lowest BCUT2D eigenvalue weighted by Crippen LogP contribution is -2.44. The molecule has 3 rings (SSSR count). The monoisotopic (exact) mass is 491 g/mol. The average molecular weight is 491 g/mol. The number of piperidine rings is 1. The first kappa shape index (κ1) is 21.9. The standard InChI is InChI=1S/C19H33N5S.HI/c1-19(2,3)16-14-25-17(22-16)12-21-18(20-4)24-11-8-15(13-24)23-9-6-5-7-10-23;/h14-15H,5-13H2,1-4H3,(H,20,21);1H. The number of hydrogen-bond acceptors (Lipinski definition) is 4. The SMILES string of the molecule is CN=C(NCc1nc(C(C)(C)C)cs1)N1CCC(N2CCCCC2)C1.I. The Hall–Kier alpha value is -0.410. The van der Waals surface area contributed by atoms with Crippen LogP contribution in [-0.2, 0) is 12.0 Å². The summed E-state index contributed by atoms with van der Waals surface area (Å²) in [6.07, 6.45) is 5.39. The summed E-state index contributed by atoms with van der Waals surface area (Å²) in [6.45, 7) is 12.2. The van der Waals surface area contributed by atoms with Gasteiger partial charge in [-0.05, 0) is 32.4 Å². The summed E-state index contributed by atoms with van der Waals surface area (Å²) in [7, 11) is 1.89. The van der Waals surface area contributed by atoms with Gasteiger partial charge in [0, 0.05) is 37.0 Å². The minimum absolute atomic E-state index is 0. The van der Waals surface area contributed by atoms with Gasteiger partial charge in [-0.25, -0.2) is 4.98 Å². The van der Waals surface area contributed by atoms with Crippen LogP contribution in [0.5, 0.6) is 0 Å². The average Bonchev–Trinajstić information content (AvgIpc) is 3.25. The van der Waals surface area contributed by atoms with Gasteiger partial charge in [0.15, 0.2) is 5.96 Å². The predicted molar refractivity (Wildman–Crippen MR) is 122 cm³/mol. The number of halogens is 1. The largest absolute Gasteiger partial charge is 0.350 e. The second kappa shape index (κ2) is 9.68. The molecule has 2 fully saturated rings. The number of aliphatic imine (C=N–C) groups is 1. The minimum atomic E-state index is 0. The Morgan fingerprint density at radius 3 is 2.62 bits per heavy atom. The molecule has 0 radical (unpaired) electrons. The predicted octanol–water partition coefficient (Wildman–Crippen LogP) is 3.69. The van der Waals surface area contributed by atoms with Gasteiger partial charge in [-0.1, -0.05) is 27.2 Å². The van der Waals surface area contributed by atoms with Crippen LogP contribution < -0.4 is 5.32 Å². The maximum Gasteiger partial charge on any atom is 0.194 e. The van der Waals surface area contributed by atoms with Crippen molar-refractivity contribution < 1.29 is 0 Å². The maximum absolute atomic E-state index is 4.78. The van der Waals surface area contributed by atoms with E-state index in [1.165, 1.54) is 44.5 Å². The first-order valence-corrected chi connectivity index (χ1v) is 10.5. The van der Waals surface area contributed by atoms with Crippen molar-refractivity contribution in [1.29, 1.82) is 0 Å². The summed E-state index contributed by atoms with van der Waals surface area (Å²) >= 11 is 1.74. The molecule has 0 aliphatic carbocycles. The van der Waals surface area contributed by atoms with E-state index in [-0.39, 0.29) is 29.4 Å². The number of aromatic nitrogens is 1. The molecule has 26 heavy (non-hydrogen) atoms. The Morgan fingerprint density at radius 2 is 2.00 bits per heavy atom. The molecule has 1 atom stereocenters. The number of hydrogen-bond donors (Lipinski definition) is 1. The smallest absolute Gasteiger partial charge is 0.194 e. The Kier molecular flexibility index (Phi) is 8.15. The summed E-state index contributed by atoms with van der Waals surface area (Å²) in [5.74, 6) is 1.02. The third-order valence-corrected chi connectivity index (χ3v) is 6.15. The van der Waals surface area contributed by atoms with Crippen molar-refractivity contribution in [2.45, 2.75) is 64.5 Å². The third-order valence-electron chi connectivity index (χ3n) is 5.30. The van der Waals surface area contributed by atoms with Crippen molar-refractivity contribution in [1.82, 2.24) is 20.1 Å². The van der Waals surface area contributed by atoms with Crippen LogP contribution in [-0.4, -0.2) is 60.0 Å². The molecule has 5 nitrogen and oxygen atoms in total. The van der Waals surface area contributed by atoms with E-state index in [1.807, 2.05) is 7.05 Å². The number of rotatable bonds is 3. The van der Waals surface area contributed by atoms with E-state index in [0.29, 0.717) is 6.04 Å². The zero-order valence-electron chi connectivity index (χ0n) is 16.6. The van der Waals surface area contributed by atoms with Gasteiger partial charge in [-0.2, -0.15) is 0 Å². The molecule has 1 aromatic rings. The molecule has 0 spiro atoms. The Balaban J connectivity index is 0.00000243. The van der Waals surface area contributed by atoms with E-state index >= 15 is 0 Å². The van der Waals surface area contributed by atoms with Gasteiger partial charge in [-0.3, -0.25) is 9.89 Å². The molecule has 2 aliphatic heterocycles. The molecule has 7 heteroatoms. The highest BCUT2D eigenvalue weighted by Gasteiger charge is 2.30. The topological polar surface area (TPSA) is 43.8 Å². The molecular formula is C19H34IN5S. The lowest BCUT2D eigenvalue weighted by molar-refractivity contribution is 0.168. The normalized spacial score (nSPS) is 22.4. The number of nitrogens with one attached hydrogen (secondary N) is 1. The third kappa shape index (κ3) is 5.55. The van der Waals surface area contributed by atoms with Crippen LogP contribution in [0.2, 0.25) is 0 Å². The van der Waals surface area contributed by atoms with Crippen LogP contribution >= 0.6 is 35.3 Å². The number of likely N-dealkylation sites (tertiary alicyclic amines) is 2. The second-order valence-electron chi connectivity index (χ2n) is 8.26. The molecule has 3 heterocycles. The molecule has 1 N–H and O–H groups in total. The summed E-state index contributed by atoms with van der Waals surface area (Å²) in [5, 5.41) is 6.84. The summed E-state index contributed by atoms with van der Waals surface area (Å²) in [4.78, 5) is 14.4. The number of nitrogens with zero attached hydrogens (tertiary/aromatic N) is 4. The van der Waals surface area contributed by atoms with Crippen molar-refractivity contribution in [2.75, 3.05) is 33.2 Å². The van der Waals surface area contributed by atoms with Crippen LogP contribution in [0.4, 0.5) is 0 Å². The van der Waals surface area contributed by atoms with Crippen LogP contribution in [0.15, 0.2) is 10.4 Å². The molecule has 1 aromatic heterocycles. The molecular weight excluding hydrogens is 457 g/mol. The fourth-order valence-corrected chi connectivity index (χ4v) is 4.70. The van der Waals surface area contributed by atoms with Gasteiger partial charge in [-0.15, -0.1) is 35.3 Å². The van der Waals surface area contributed by atoms with E-state index in [1.54, 1.807) is 11.3 Å². The Morgan fingerprint density at radius 1 is 1.27 bits per heavy atom. The summed E-state index contributed by atoms with van der Waals surface area (Å²) in [5.41, 5.74) is 1.29. The van der Waals surface area contributed by atoms with Crippen LogP contribution in [0.3, 0.4) is 0 Å². The van der Waals surface area contributed by atoms with Crippen molar-refractivity contribution in [3.05, 3.63) is 16.1 Å². The van der Waals surface area contributed by atoms with Gasteiger partial charge >= 0.3 is 0 Å². The first-order chi connectivity index (χ1) is 12.0. The molecule has 0 aromatic carbocycles. The van der Waals surface area contributed by atoms with Crippen LogP contribution in [0, 0.1) is 0 Å². The quantitative estimate of drug-likeness (QED) is 0.398. The van der Waals surface area contributed by atoms with Crippen molar-refractivity contribution >= 4 is 41.3 Å². The van der Waals surface area contributed by atoms with E-state index < -0.39 is 0 Å². The van der Waals surface area contributed by atoms with E-state index in [9.17, 15) is 0 Å². The van der Waals surface area contributed by atoms with Crippen molar-refractivity contribution in [2.24, 2.45) is 4.99 Å². The van der Waals surface area contributed by atoms with E-state index in [4.69, 9.17) is 4.98 Å². The fourth-order valence-electron chi connectivity index (χ4n) is 3.74. The minimum Gasteiger partial charge on any atom is -0.350 e. The fraction of sp³-hybridized carbons (Fsp3) is 0.789. The van der Waals surface area contributed by atoms with Crippen LogP contribution in [0.1, 0.15) is 57.2 Å². The molecule has 148 valence electrons. The lowest BCUT2D eigenvalue weighted by atomic mass is 9.93. The van der Waals surface area contributed by atoms with Crippen LogP contribution in [0.25, 0.3) is 0 Å². The Bertz CT molecular complexity index is 589. The van der Waals surface area contributed by atoms with Crippen molar-refractivity contribution in [3.8, 4) is 0 Å². The molecule has 0 amide bonds. The summed E-state index contributed by atoms with van der Waals surface area (Å²) < 4.78 is 0. The van der Waals surface area contributed by atoms with Gasteiger partial charge < -0.3 is 10.2 Å². The van der Waals surface area contributed by atoms with Gasteiger partial charge in [0.05, 0.1) is 12.2 Å². The zero-order valence-corrected chi connectivity index (χ0v) is 19.8. The second-order valence-corrected chi connectivity index (χ2v) is 9.21. The highest BCUT2D eigenvalue weighted by Crippen LogP contribution is 2.24. The van der Waals surface area contributed by atoms with E-state index in [2.05, 4.69) is 46.3 Å². The molecule has 2 saturated heterocycles. The van der Waals surface area contributed by atoms with E-state index in [0.717, 1.165) is 30.6 Å². The first-order valence-electron chi connectivity index (χ1n) is 9.62. The maximum atomic E-state index is 4.78. The lowest BCUT2D eigenvalue weighted by Gasteiger charge is -2.32. The molecule has 0 bridgehead atoms. The zero-order chi connectivity index (χ0) is 17.9. The highest BCUT2D eigenvalue weighted by atomic mass is 127. The molecule has 1 unspecified atom stereocenters. The molecule has 2 aliphatic rings. The highest BCUT2D eigenvalue weighted by molar-refractivity contribution is 14.0. The van der Waals surface area contributed by atoms with Gasteiger partial charge in [0.1, 0.15) is 5.01 Å². The van der Waals surface area contributed by atoms with Gasteiger partial charge in [0.2, 0.25) is 0 Å².